The summed E-state index contributed by atoms with van der Waals surface area (Å²) in [5.74, 6) is 1.95. The first kappa shape index (κ1) is 17.5. The van der Waals surface area contributed by atoms with Crippen molar-refractivity contribution in [3.05, 3.63) is 35.0 Å². The number of thiazole rings is 1. The maximum absolute atomic E-state index is 6.35. The standard InChI is InChI=1S/C20H16ClN3O3S/c1-9-4-14-18(26-8-10(2)27-14)19-16(9)24-20(28-19)12-5-11(21)6-13-17(12)22-7-15(23-13)25-3/h4-7,10H,8H2,1-3H3. The molecule has 0 saturated heterocycles. The highest BCUT2D eigenvalue weighted by molar-refractivity contribution is 7.22. The van der Waals surface area contributed by atoms with Crippen LogP contribution in [0, 0.1) is 6.92 Å². The fraction of sp³-hybridized carbons (Fsp3) is 0.250. The molecule has 0 aliphatic carbocycles. The molecule has 2 aromatic carbocycles. The van der Waals surface area contributed by atoms with E-state index in [9.17, 15) is 0 Å². The monoisotopic (exact) mass is 413 g/mol. The Morgan fingerprint density at radius 2 is 2.07 bits per heavy atom. The number of aromatic nitrogens is 3. The van der Waals surface area contributed by atoms with E-state index in [0.29, 0.717) is 23.0 Å². The number of benzene rings is 2. The van der Waals surface area contributed by atoms with Crippen LogP contribution < -0.4 is 14.2 Å². The molecule has 2 aromatic heterocycles. The minimum Gasteiger partial charge on any atom is -0.484 e. The quantitative estimate of drug-likeness (QED) is 0.458. The van der Waals surface area contributed by atoms with Crippen LogP contribution in [0.3, 0.4) is 0 Å². The van der Waals surface area contributed by atoms with Crippen molar-refractivity contribution in [3.8, 4) is 28.0 Å². The van der Waals surface area contributed by atoms with E-state index < -0.39 is 0 Å². The minimum absolute atomic E-state index is 0.0267. The fourth-order valence-corrected chi connectivity index (χ4v) is 4.67. The molecular formula is C20H16ClN3O3S. The number of rotatable bonds is 2. The summed E-state index contributed by atoms with van der Waals surface area (Å²) in [4.78, 5) is 13.8. The number of fused-ring (bicyclic) bond motifs is 4. The number of ether oxygens (including phenoxy) is 3. The third kappa shape index (κ3) is 2.73. The SMILES string of the molecule is COc1cnc2c(-c3nc4c(C)cc5c(c4s3)OCC(C)O5)cc(Cl)cc2n1. The molecule has 6 nitrogen and oxygen atoms in total. The molecule has 0 spiro atoms. The van der Waals surface area contributed by atoms with Crippen molar-refractivity contribution >= 4 is 44.2 Å². The van der Waals surface area contributed by atoms with E-state index in [0.717, 1.165) is 43.4 Å². The second-order valence-corrected chi connectivity index (χ2v) is 8.13. The van der Waals surface area contributed by atoms with Gasteiger partial charge in [-0.15, -0.1) is 11.3 Å². The minimum atomic E-state index is 0.0267. The van der Waals surface area contributed by atoms with E-state index in [1.165, 1.54) is 0 Å². The largest absolute Gasteiger partial charge is 0.484 e. The molecular weight excluding hydrogens is 398 g/mol. The topological polar surface area (TPSA) is 66.4 Å². The first-order chi connectivity index (χ1) is 13.5. The van der Waals surface area contributed by atoms with Crippen LogP contribution in [0.25, 0.3) is 31.8 Å². The van der Waals surface area contributed by atoms with Gasteiger partial charge in [0.15, 0.2) is 11.5 Å². The predicted octanol–water partition coefficient (Wildman–Crippen LogP) is 5.04. The van der Waals surface area contributed by atoms with Crippen molar-refractivity contribution in [1.82, 2.24) is 15.0 Å². The predicted molar refractivity (Wildman–Crippen MR) is 110 cm³/mol. The van der Waals surface area contributed by atoms with E-state index in [-0.39, 0.29) is 6.10 Å². The molecule has 1 aliphatic heterocycles. The van der Waals surface area contributed by atoms with Gasteiger partial charge in [0.05, 0.1) is 29.9 Å². The molecule has 4 aromatic rings. The molecule has 0 bridgehead atoms. The average molecular weight is 414 g/mol. The fourth-order valence-electron chi connectivity index (χ4n) is 3.31. The molecule has 0 N–H and O–H groups in total. The van der Waals surface area contributed by atoms with Gasteiger partial charge in [0.1, 0.15) is 22.4 Å². The number of hydrogen-bond acceptors (Lipinski definition) is 7. The number of halogens is 1. The lowest BCUT2D eigenvalue weighted by molar-refractivity contribution is 0.106. The Hall–Kier alpha value is -2.64. The lowest BCUT2D eigenvalue weighted by atomic mass is 10.1. The first-order valence-electron chi connectivity index (χ1n) is 8.77. The van der Waals surface area contributed by atoms with Gasteiger partial charge in [-0.05, 0) is 37.6 Å². The molecule has 0 fully saturated rings. The van der Waals surface area contributed by atoms with Crippen molar-refractivity contribution in [2.45, 2.75) is 20.0 Å². The molecule has 142 valence electrons. The van der Waals surface area contributed by atoms with Crippen LogP contribution in [0.1, 0.15) is 12.5 Å². The molecule has 0 saturated carbocycles. The van der Waals surface area contributed by atoms with Gasteiger partial charge in [0, 0.05) is 10.6 Å². The van der Waals surface area contributed by atoms with Crippen LogP contribution >= 0.6 is 22.9 Å². The molecule has 8 heteroatoms. The number of hydrogen-bond donors (Lipinski definition) is 0. The van der Waals surface area contributed by atoms with Crippen molar-refractivity contribution in [3.63, 3.8) is 0 Å². The smallest absolute Gasteiger partial charge is 0.232 e. The van der Waals surface area contributed by atoms with Gasteiger partial charge >= 0.3 is 0 Å². The highest BCUT2D eigenvalue weighted by atomic mass is 35.5. The zero-order valence-electron chi connectivity index (χ0n) is 15.4. The summed E-state index contributed by atoms with van der Waals surface area (Å²) in [5, 5.41) is 1.37. The van der Waals surface area contributed by atoms with Gasteiger partial charge in [0.25, 0.3) is 0 Å². The van der Waals surface area contributed by atoms with Gasteiger partial charge in [-0.2, -0.15) is 0 Å². The summed E-state index contributed by atoms with van der Waals surface area (Å²) >= 11 is 7.89. The van der Waals surface area contributed by atoms with Crippen LogP contribution in [-0.4, -0.2) is 34.8 Å². The third-order valence-corrected chi connectivity index (χ3v) is 5.90. The molecule has 1 aliphatic rings. The van der Waals surface area contributed by atoms with E-state index in [1.807, 2.05) is 26.0 Å². The summed E-state index contributed by atoms with van der Waals surface area (Å²) < 4.78 is 18.1. The van der Waals surface area contributed by atoms with Crippen molar-refractivity contribution < 1.29 is 14.2 Å². The summed E-state index contributed by atoms with van der Waals surface area (Å²) in [6, 6.07) is 5.62. The number of methoxy groups -OCH3 is 1. The molecule has 3 heterocycles. The van der Waals surface area contributed by atoms with Crippen molar-refractivity contribution in [2.24, 2.45) is 0 Å². The Morgan fingerprint density at radius 3 is 2.89 bits per heavy atom. The highest BCUT2D eigenvalue weighted by Gasteiger charge is 2.24. The van der Waals surface area contributed by atoms with Crippen LogP contribution in [0.5, 0.6) is 17.4 Å². The summed E-state index contributed by atoms with van der Waals surface area (Å²) in [5.41, 5.74) is 4.14. The van der Waals surface area contributed by atoms with Crippen molar-refractivity contribution in [1.29, 1.82) is 0 Å². The Balaban J connectivity index is 1.75. The molecule has 1 unspecified atom stereocenters. The summed E-state index contributed by atoms with van der Waals surface area (Å²) in [7, 11) is 1.56. The Morgan fingerprint density at radius 1 is 1.21 bits per heavy atom. The summed E-state index contributed by atoms with van der Waals surface area (Å²) in [6.45, 7) is 4.53. The molecule has 5 rings (SSSR count). The van der Waals surface area contributed by atoms with E-state index in [4.69, 9.17) is 30.8 Å². The lowest BCUT2D eigenvalue weighted by Crippen LogP contribution is -2.25. The number of nitrogens with zero attached hydrogens (tertiary/aromatic N) is 3. The van der Waals surface area contributed by atoms with Gasteiger partial charge in [-0.3, -0.25) is 0 Å². The van der Waals surface area contributed by atoms with Crippen molar-refractivity contribution in [2.75, 3.05) is 13.7 Å². The van der Waals surface area contributed by atoms with Gasteiger partial charge in [0.2, 0.25) is 5.88 Å². The van der Waals surface area contributed by atoms with Gasteiger partial charge in [-0.1, -0.05) is 11.6 Å². The lowest BCUT2D eigenvalue weighted by Gasteiger charge is -2.24. The zero-order valence-corrected chi connectivity index (χ0v) is 17.0. The number of aryl methyl sites for hydroxylation is 1. The van der Waals surface area contributed by atoms with E-state index in [1.54, 1.807) is 30.7 Å². The Labute approximate surface area is 170 Å². The van der Waals surface area contributed by atoms with Crippen LogP contribution in [-0.2, 0) is 0 Å². The van der Waals surface area contributed by atoms with Gasteiger partial charge in [-0.25, -0.2) is 15.0 Å². The maximum atomic E-state index is 6.35. The third-order valence-electron chi connectivity index (χ3n) is 4.60. The first-order valence-corrected chi connectivity index (χ1v) is 9.97. The van der Waals surface area contributed by atoms with Crippen LogP contribution in [0.2, 0.25) is 5.02 Å². The second-order valence-electron chi connectivity index (χ2n) is 6.69. The summed E-state index contributed by atoms with van der Waals surface area (Å²) in [6.07, 6.45) is 1.62. The molecule has 0 amide bonds. The Bertz CT molecular complexity index is 1240. The van der Waals surface area contributed by atoms with Gasteiger partial charge < -0.3 is 14.2 Å². The second kappa shape index (κ2) is 6.46. The molecule has 28 heavy (non-hydrogen) atoms. The van der Waals surface area contributed by atoms with E-state index >= 15 is 0 Å². The highest BCUT2D eigenvalue weighted by Crippen LogP contribution is 2.46. The Kier molecular flexibility index (Phi) is 4.03. The molecule has 1 atom stereocenters. The zero-order chi connectivity index (χ0) is 19.4. The normalized spacial score (nSPS) is 15.9. The van der Waals surface area contributed by atoms with Crippen LogP contribution in [0.15, 0.2) is 24.4 Å². The van der Waals surface area contributed by atoms with E-state index in [2.05, 4.69) is 9.97 Å². The molecule has 0 radical (unpaired) electrons. The van der Waals surface area contributed by atoms with Crippen LogP contribution in [0.4, 0.5) is 0 Å². The average Bonchev–Trinajstić information content (AvgIpc) is 3.12. The maximum Gasteiger partial charge on any atom is 0.232 e.